The summed E-state index contributed by atoms with van der Waals surface area (Å²) in [7, 11) is 0. The van der Waals surface area contributed by atoms with E-state index in [0.29, 0.717) is 5.11 Å². The van der Waals surface area contributed by atoms with Crippen molar-refractivity contribution in [2.45, 2.75) is 25.9 Å². The summed E-state index contributed by atoms with van der Waals surface area (Å²) in [4.78, 5) is 18.2. The molecule has 0 bridgehead atoms. The van der Waals surface area contributed by atoms with Crippen LogP contribution in [0.2, 0.25) is 0 Å². The predicted octanol–water partition coefficient (Wildman–Crippen LogP) is 5.07. The van der Waals surface area contributed by atoms with Gasteiger partial charge in [0.15, 0.2) is 5.11 Å². The lowest BCUT2D eigenvalue weighted by Gasteiger charge is -2.28. The number of nitrogens with zero attached hydrogens (tertiary/aromatic N) is 3. The van der Waals surface area contributed by atoms with Crippen LogP contribution < -0.4 is 10.2 Å². The molecule has 35 heavy (non-hydrogen) atoms. The first kappa shape index (κ1) is 22.6. The second-order valence-corrected chi connectivity index (χ2v) is 8.92. The highest BCUT2D eigenvalue weighted by Gasteiger charge is 2.42. The summed E-state index contributed by atoms with van der Waals surface area (Å²) in [6.45, 7) is 4.03. The summed E-state index contributed by atoms with van der Waals surface area (Å²) in [5.41, 5.74) is 5.72. The number of anilines is 1. The van der Waals surface area contributed by atoms with Crippen LogP contribution in [0.1, 0.15) is 45.1 Å². The standard InChI is InChI=1S/C27H24N4O3S/c1-16-14-22(17(2)30(16)20-7-5-6-18(15-20)26(33)34)25-24(23-8-3-4-13-28-23)29-27(35)31(25)19-9-11-21(32)12-10-19/h3-15,24-25,32H,1-2H3,(H,29,35)(H,33,34). The lowest BCUT2D eigenvalue weighted by Crippen LogP contribution is -2.29. The zero-order valence-electron chi connectivity index (χ0n) is 19.2. The topological polar surface area (TPSA) is 90.6 Å². The molecule has 7 nitrogen and oxygen atoms in total. The highest BCUT2D eigenvalue weighted by molar-refractivity contribution is 7.80. The van der Waals surface area contributed by atoms with Crippen molar-refractivity contribution < 1.29 is 15.0 Å². The van der Waals surface area contributed by atoms with Gasteiger partial charge < -0.3 is 25.0 Å². The van der Waals surface area contributed by atoms with Crippen molar-refractivity contribution in [3.8, 4) is 11.4 Å². The number of aromatic nitrogens is 2. The fourth-order valence-corrected chi connectivity index (χ4v) is 5.17. The minimum Gasteiger partial charge on any atom is -0.508 e. The molecule has 2 aromatic heterocycles. The molecule has 3 N–H and O–H groups in total. The maximum Gasteiger partial charge on any atom is 0.335 e. The molecule has 1 fully saturated rings. The van der Waals surface area contributed by atoms with Crippen molar-refractivity contribution in [1.82, 2.24) is 14.9 Å². The molecule has 1 aliphatic rings. The number of aryl methyl sites for hydroxylation is 1. The van der Waals surface area contributed by atoms with Gasteiger partial charge in [0.1, 0.15) is 5.75 Å². The third-order valence-electron chi connectivity index (χ3n) is 6.37. The fraction of sp³-hybridized carbons (Fsp3) is 0.148. The summed E-state index contributed by atoms with van der Waals surface area (Å²) < 4.78 is 2.06. The van der Waals surface area contributed by atoms with E-state index in [4.69, 9.17) is 12.2 Å². The number of carboxylic acids is 1. The number of hydrogen-bond donors (Lipinski definition) is 3. The fourth-order valence-electron chi connectivity index (χ4n) is 4.82. The van der Waals surface area contributed by atoms with Crippen LogP contribution in [0.4, 0.5) is 5.69 Å². The molecule has 2 unspecified atom stereocenters. The molecule has 3 heterocycles. The summed E-state index contributed by atoms with van der Waals surface area (Å²) in [5.74, 6) is -0.783. The number of thiocarbonyl (C=S) groups is 1. The SMILES string of the molecule is Cc1cc(C2C(c3ccccn3)NC(=S)N2c2ccc(O)cc2)c(C)n1-c1cccc(C(=O)O)c1. The Labute approximate surface area is 208 Å². The number of phenolic OH excluding ortho intramolecular Hbond substituents is 1. The monoisotopic (exact) mass is 484 g/mol. The summed E-state index contributed by atoms with van der Waals surface area (Å²) >= 11 is 5.78. The van der Waals surface area contributed by atoms with E-state index in [0.717, 1.165) is 34.0 Å². The van der Waals surface area contributed by atoms with Gasteiger partial charge >= 0.3 is 5.97 Å². The third kappa shape index (κ3) is 4.02. The number of pyridine rings is 1. The zero-order valence-corrected chi connectivity index (χ0v) is 20.0. The van der Waals surface area contributed by atoms with Crippen molar-refractivity contribution in [3.63, 3.8) is 0 Å². The van der Waals surface area contributed by atoms with Crippen LogP contribution in [0, 0.1) is 13.8 Å². The second-order valence-electron chi connectivity index (χ2n) is 8.53. The van der Waals surface area contributed by atoms with E-state index in [-0.39, 0.29) is 23.4 Å². The Morgan fingerprint density at radius 1 is 1.00 bits per heavy atom. The van der Waals surface area contributed by atoms with Gasteiger partial charge in [-0.2, -0.15) is 0 Å². The lowest BCUT2D eigenvalue weighted by molar-refractivity contribution is 0.0697. The van der Waals surface area contributed by atoms with Gasteiger partial charge in [0.25, 0.3) is 0 Å². The summed E-state index contributed by atoms with van der Waals surface area (Å²) in [5, 5.41) is 23.3. The van der Waals surface area contributed by atoms with Crippen LogP contribution >= 0.6 is 12.2 Å². The maximum absolute atomic E-state index is 11.6. The Morgan fingerprint density at radius 3 is 2.46 bits per heavy atom. The van der Waals surface area contributed by atoms with Crippen molar-refractivity contribution in [2.24, 2.45) is 0 Å². The number of hydrogen-bond acceptors (Lipinski definition) is 4. The first-order chi connectivity index (χ1) is 16.8. The van der Waals surface area contributed by atoms with Crippen molar-refractivity contribution in [2.75, 3.05) is 4.90 Å². The molecular formula is C27H24N4O3S. The van der Waals surface area contributed by atoms with E-state index in [1.54, 1.807) is 36.5 Å². The Hall–Kier alpha value is -4.17. The van der Waals surface area contributed by atoms with E-state index in [9.17, 15) is 15.0 Å². The maximum atomic E-state index is 11.6. The third-order valence-corrected chi connectivity index (χ3v) is 6.68. The first-order valence-corrected chi connectivity index (χ1v) is 11.6. The van der Waals surface area contributed by atoms with E-state index in [1.165, 1.54) is 0 Å². The first-order valence-electron chi connectivity index (χ1n) is 11.2. The molecule has 1 saturated heterocycles. The number of benzene rings is 2. The quantitative estimate of drug-likeness (QED) is 0.341. The second kappa shape index (κ2) is 8.88. The highest BCUT2D eigenvalue weighted by Crippen LogP contribution is 2.44. The summed E-state index contributed by atoms with van der Waals surface area (Å²) in [6, 6.07) is 21.4. The summed E-state index contributed by atoms with van der Waals surface area (Å²) in [6.07, 6.45) is 1.76. The molecule has 0 amide bonds. The zero-order chi connectivity index (χ0) is 24.7. The smallest absolute Gasteiger partial charge is 0.335 e. The molecular weight excluding hydrogens is 460 g/mol. The number of nitrogens with one attached hydrogen (secondary N) is 1. The average molecular weight is 485 g/mol. The molecule has 0 radical (unpaired) electrons. The van der Waals surface area contributed by atoms with Crippen molar-refractivity contribution >= 4 is 29.0 Å². The Morgan fingerprint density at radius 2 is 1.77 bits per heavy atom. The van der Waals surface area contributed by atoms with E-state index < -0.39 is 5.97 Å². The largest absolute Gasteiger partial charge is 0.508 e. The number of phenols is 1. The van der Waals surface area contributed by atoms with E-state index in [2.05, 4.69) is 20.9 Å². The number of carboxylic acid groups (broad SMARTS) is 1. The molecule has 4 aromatic rings. The van der Waals surface area contributed by atoms with E-state index in [1.807, 2.05) is 55.1 Å². The molecule has 5 rings (SSSR count). The molecule has 176 valence electrons. The van der Waals surface area contributed by atoms with E-state index >= 15 is 0 Å². The minimum atomic E-state index is -0.964. The molecule has 0 spiro atoms. The van der Waals surface area contributed by atoms with Gasteiger partial charge in [-0.3, -0.25) is 4.98 Å². The predicted molar refractivity (Wildman–Crippen MR) is 138 cm³/mol. The van der Waals surface area contributed by atoms with Crippen LogP contribution in [-0.2, 0) is 0 Å². The van der Waals surface area contributed by atoms with Gasteiger partial charge in [0.05, 0.1) is 23.3 Å². The van der Waals surface area contributed by atoms with Crippen LogP contribution in [0.15, 0.2) is 79.0 Å². The number of carbonyl (C=O) groups is 1. The molecule has 0 aliphatic carbocycles. The van der Waals surface area contributed by atoms with Crippen molar-refractivity contribution in [1.29, 1.82) is 0 Å². The average Bonchev–Trinajstić information content (AvgIpc) is 3.35. The van der Waals surface area contributed by atoms with Crippen LogP contribution in [0.5, 0.6) is 5.75 Å². The van der Waals surface area contributed by atoms with Crippen LogP contribution in [-0.4, -0.2) is 30.8 Å². The molecule has 8 heteroatoms. The molecule has 2 atom stereocenters. The van der Waals surface area contributed by atoms with Crippen molar-refractivity contribution in [3.05, 3.63) is 107 Å². The van der Waals surface area contributed by atoms with Crippen LogP contribution in [0.3, 0.4) is 0 Å². The Balaban J connectivity index is 1.67. The number of rotatable bonds is 5. The Kier molecular flexibility index (Phi) is 5.74. The van der Waals surface area contributed by atoms with Gasteiger partial charge in [-0.1, -0.05) is 12.1 Å². The number of aromatic carboxylic acids is 1. The molecule has 2 aromatic carbocycles. The van der Waals surface area contributed by atoms with Gasteiger partial charge in [0.2, 0.25) is 0 Å². The molecule has 0 saturated carbocycles. The van der Waals surface area contributed by atoms with Crippen LogP contribution in [0.25, 0.3) is 5.69 Å². The minimum absolute atomic E-state index is 0.182. The molecule has 1 aliphatic heterocycles. The highest BCUT2D eigenvalue weighted by atomic mass is 32.1. The van der Waals surface area contributed by atoms with Gasteiger partial charge in [-0.05, 0) is 92.3 Å². The normalized spacial score (nSPS) is 17.4. The number of aromatic hydroxyl groups is 1. The van der Waals surface area contributed by atoms with Gasteiger partial charge in [-0.25, -0.2) is 4.79 Å². The Bertz CT molecular complexity index is 1420. The van der Waals surface area contributed by atoms with Gasteiger partial charge in [-0.15, -0.1) is 0 Å². The van der Waals surface area contributed by atoms with Gasteiger partial charge in [0, 0.05) is 29.0 Å². The lowest BCUT2D eigenvalue weighted by atomic mass is 9.96.